The van der Waals surface area contributed by atoms with Gasteiger partial charge in [0.2, 0.25) is 6.61 Å². The number of thiazole rings is 1. The molecule has 1 fully saturated rings. The number of carbonyl (C=O) groups excluding carboxylic acids is 3. The molecule has 0 aromatic carbocycles. The molecular formula is C19H16N4O10S2. The first kappa shape index (κ1) is 24.2. The Kier molecular flexibility index (Phi) is 7.02. The molecule has 184 valence electrons. The minimum Gasteiger partial charge on any atom is -0.479 e. The van der Waals surface area contributed by atoms with E-state index in [1.807, 2.05) is 0 Å². The zero-order valence-electron chi connectivity index (χ0n) is 17.8. The summed E-state index contributed by atoms with van der Waals surface area (Å²) in [7, 11) is 0. The van der Waals surface area contributed by atoms with Crippen molar-refractivity contribution in [2.45, 2.75) is 24.9 Å². The first-order chi connectivity index (χ1) is 16.7. The molecule has 2 aliphatic heterocycles. The van der Waals surface area contributed by atoms with E-state index in [4.69, 9.17) is 18.7 Å². The third kappa shape index (κ3) is 5.27. The Bertz CT molecular complexity index is 1280. The van der Waals surface area contributed by atoms with Gasteiger partial charge in [0.25, 0.3) is 11.8 Å². The predicted octanol–water partition coefficient (Wildman–Crippen LogP) is -0.170. The van der Waals surface area contributed by atoms with Crippen LogP contribution in [0.3, 0.4) is 0 Å². The summed E-state index contributed by atoms with van der Waals surface area (Å²) >= 11 is 2.42. The number of β-lactam (4-membered cyclic amide) rings is 1. The van der Waals surface area contributed by atoms with Crippen LogP contribution in [-0.4, -0.2) is 68.2 Å². The molecule has 2 atom stereocenters. The second-order valence-electron chi connectivity index (χ2n) is 7.04. The first-order valence-electron chi connectivity index (χ1n) is 9.76. The smallest absolute Gasteiger partial charge is 0.479 e. The van der Waals surface area contributed by atoms with Gasteiger partial charge in [0.05, 0.1) is 11.1 Å². The van der Waals surface area contributed by atoms with Gasteiger partial charge in [-0.3, -0.25) is 9.59 Å². The van der Waals surface area contributed by atoms with Crippen LogP contribution in [0.25, 0.3) is 0 Å². The molecule has 1 unspecified atom stereocenters. The van der Waals surface area contributed by atoms with Gasteiger partial charge in [-0.15, -0.1) is 23.1 Å². The van der Waals surface area contributed by atoms with E-state index in [0.717, 1.165) is 0 Å². The molecule has 35 heavy (non-hydrogen) atoms. The molecule has 2 N–H and O–H groups in total. The van der Waals surface area contributed by atoms with Crippen molar-refractivity contribution in [1.29, 1.82) is 0 Å². The minimum absolute atomic E-state index is 0.0815. The highest BCUT2D eigenvalue weighted by Gasteiger charge is 2.50. The highest BCUT2D eigenvalue weighted by molar-refractivity contribution is 8.00. The predicted molar refractivity (Wildman–Crippen MR) is 117 cm³/mol. The number of carboxylic acid groups (broad SMARTS) is 1. The van der Waals surface area contributed by atoms with Crippen LogP contribution in [0.5, 0.6) is 0 Å². The van der Waals surface area contributed by atoms with Gasteiger partial charge in [0.15, 0.2) is 23.8 Å². The zero-order valence-corrected chi connectivity index (χ0v) is 19.4. The van der Waals surface area contributed by atoms with E-state index in [9.17, 15) is 24.0 Å². The maximum atomic E-state index is 12.7. The van der Waals surface area contributed by atoms with Crippen molar-refractivity contribution >= 4 is 52.6 Å². The summed E-state index contributed by atoms with van der Waals surface area (Å²) in [6.07, 6.45) is 1.35. The number of thioether (sulfide) groups is 1. The van der Waals surface area contributed by atoms with E-state index < -0.39 is 47.6 Å². The number of ether oxygens (including phenoxy) is 1. The Morgan fingerprint density at radius 3 is 2.80 bits per heavy atom. The van der Waals surface area contributed by atoms with Gasteiger partial charge in [-0.1, -0.05) is 5.16 Å². The third-order valence-electron chi connectivity index (χ3n) is 4.74. The number of aryl methyl sites for hydroxylation is 1. The fourth-order valence-electron chi connectivity index (χ4n) is 3.05. The van der Waals surface area contributed by atoms with E-state index in [1.165, 1.54) is 52.0 Å². The van der Waals surface area contributed by atoms with Crippen LogP contribution in [0.1, 0.15) is 17.2 Å². The van der Waals surface area contributed by atoms with Crippen molar-refractivity contribution in [2.75, 3.05) is 12.4 Å². The van der Waals surface area contributed by atoms with E-state index in [1.54, 1.807) is 0 Å². The molecule has 0 radical (unpaired) electrons. The Morgan fingerprint density at radius 2 is 2.14 bits per heavy atom. The van der Waals surface area contributed by atoms with Crippen LogP contribution in [0, 0.1) is 6.92 Å². The second kappa shape index (κ2) is 10.1. The highest BCUT2D eigenvalue weighted by Crippen LogP contribution is 2.36. The maximum Gasteiger partial charge on any atom is 0.519 e. The first-order valence-corrected chi connectivity index (χ1v) is 11.8. The van der Waals surface area contributed by atoms with Crippen LogP contribution in [-0.2, 0) is 35.4 Å². The summed E-state index contributed by atoms with van der Waals surface area (Å²) in [5.74, 6) is -3.65. The standard InChI is InChI=1S/C19H16N4O10S2/c1-8-11(33-19(29)32-8)3-30-18(28)9-2-23-16(27)14(17(23)35-5-9)21-15(26)13(10-6-34-7-20-10)22-31-4-12(24)25/h2,6-7,14,17H,3-5H2,1H3,(H,21,26)(H,24,25)/t14?,17-/m1/s1. The van der Waals surface area contributed by atoms with Gasteiger partial charge < -0.3 is 33.7 Å². The lowest BCUT2D eigenvalue weighted by molar-refractivity contribution is -0.144. The fourth-order valence-corrected chi connectivity index (χ4v) is 4.83. The van der Waals surface area contributed by atoms with E-state index in [2.05, 4.69) is 20.3 Å². The molecule has 2 aromatic heterocycles. The van der Waals surface area contributed by atoms with Crippen molar-refractivity contribution < 1.29 is 42.7 Å². The van der Waals surface area contributed by atoms with Crippen LogP contribution in [0.4, 0.5) is 0 Å². The Hall–Kier alpha value is -3.92. The number of aliphatic carboxylic acids is 1. The van der Waals surface area contributed by atoms with Crippen LogP contribution >= 0.6 is 23.1 Å². The lowest BCUT2D eigenvalue weighted by atomic mass is 10.1. The average molecular weight is 524 g/mol. The topological polar surface area (TPSA) is 191 Å². The summed E-state index contributed by atoms with van der Waals surface area (Å²) in [6, 6.07) is -0.910. The number of fused-ring (bicyclic) bond motifs is 1. The number of carbonyl (C=O) groups is 4. The molecule has 0 bridgehead atoms. The van der Waals surface area contributed by atoms with Crippen LogP contribution < -0.4 is 11.1 Å². The molecule has 4 heterocycles. The number of amides is 2. The van der Waals surface area contributed by atoms with Crippen molar-refractivity contribution in [2.24, 2.45) is 5.16 Å². The number of carboxylic acids is 1. The summed E-state index contributed by atoms with van der Waals surface area (Å²) in [5.41, 5.74) is 1.54. The highest BCUT2D eigenvalue weighted by atomic mass is 32.2. The van der Waals surface area contributed by atoms with Crippen molar-refractivity contribution in [3.05, 3.63) is 50.5 Å². The number of esters is 1. The van der Waals surface area contributed by atoms with E-state index >= 15 is 0 Å². The number of rotatable bonds is 9. The molecule has 0 aliphatic carbocycles. The number of oxime groups is 1. The van der Waals surface area contributed by atoms with Crippen LogP contribution in [0.15, 0.2) is 41.4 Å². The lowest BCUT2D eigenvalue weighted by Gasteiger charge is -2.47. The summed E-state index contributed by atoms with van der Waals surface area (Å²) in [4.78, 5) is 69.4. The SMILES string of the molecule is Cc1oc(=O)oc1COC(=O)C1=CN2C(=O)C(NC(=O)C(=NOCC(=O)O)c3cscn3)[C@H]2SC1. The number of aromatic nitrogens is 1. The fraction of sp³-hybridized carbons (Fsp3) is 0.316. The molecule has 2 amide bonds. The molecule has 14 nitrogen and oxygen atoms in total. The van der Waals surface area contributed by atoms with E-state index in [-0.39, 0.29) is 40.9 Å². The van der Waals surface area contributed by atoms with Crippen molar-refractivity contribution in [3.8, 4) is 0 Å². The third-order valence-corrected chi connectivity index (χ3v) is 6.64. The van der Waals surface area contributed by atoms with Gasteiger partial charge in [0.1, 0.15) is 17.1 Å². The summed E-state index contributed by atoms with van der Waals surface area (Å²) < 4.78 is 14.6. The molecule has 4 rings (SSSR count). The zero-order chi connectivity index (χ0) is 25.1. The molecule has 16 heteroatoms. The Balaban J connectivity index is 1.37. The average Bonchev–Trinajstić information content (AvgIpc) is 3.47. The van der Waals surface area contributed by atoms with Crippen molar-refractivity contribution in [1.82, 2.24) is 15.2 Å². The second-order valence-corrected chi connectivity index (χ2v) is 8.87. The van der Waals surface area contributed by atoms with Gasteiger partial charge in [0, 0.05) is 17.3 Å². The molecular weight excluding hydrogens is 508 g/mol. The monoisotopic (exact) mass is 524 g/mol. The van der Waals surface area contributed by atoms with Crippen molar-refractivity contribution in [3.63, 3.8) is 0 Å². The normalized spacial score (nSPS) is 19.3. The molecule has 0 spiro atoms. The number of nitrogens with zero attached hydrogens (tertiary/aromatic N) is 3. The van der Waals surface area contributed by atoms with Crippen LogP contribution in [0.2, 0.25) is 0 Å². The van der Waals surface area contributed by atoms with Gasteiger partial charge >= 0.3 is 17.8 Å². The number of hydrogen-bond donors (Lipinski definition) is 2. The molecule has 2 aromatic rings. The molecule has 0 saturated carbocycles. The summed E-state index contributed by atoms with van der Waals surface area (Å²) in [5, 5.41) is 15.8. The minimum atomic E-state index is -1.28. The quantitative estimate of drug-likeness (QED) is 0.191. The Morgan fingerprint density at radius 1 is 1.34 bits per heavy atom. The number of nitrogens with one attached hydrogen (secondary N) is 1. The largest absolute Gasteiger partial charge is 0.519 e. The van der Waals surface area contributed by atoms with Gasteiger partial charge in [-0.25, -0.2) is 19.4 Å². The molecule has 2 aliphatic rings. The van der Waals surface area contributed by atoms with E-state index in [0.29, 0.717) is 0 Å². The Labute approximate surface area is 203 Å². The maximum absolute atomic E-state index is 12.7. The summed E-state index contributed by atoms with van der Waals surface area (Å²) in [6.45, 7) is 0.424. The van der Waals surface area contributed by atoms with Gasteiger partial charge in [-0.2, -0.15) is 0 Å². The molecule has 1 saturated heterocycles. The lowest BCUT2D eigenvalue weighted by Crippen LogP contribution is -2.69. The van der Waals surface area contributed by atoms with Gasteiger partial charge in [-0.05, 0) is 6.92 Å². The number of hydrogen-bond acceptors (Lipinski definition) is 13.